The monoisotopic (exact) mass is 277 g/mol. The molecule has 1 aromatic heterocycles. The zero-order chi connectivity index (χ0) is 13.0. The second-order valence-electron chi connectivity index (χ2n) is 3.47. The molecule has 0 aliphatic rings. The number of nitrogens with zero attached hydrogens (tertiary/aromatic N) is 3. The zero-order valence-electron chi connectivity index (χ0n) is 9.21. The molecule has 1 atom stereocenters. The van der Waals surface area contributed by atoms with Gasteiger partial charge < -0.3 is 0 Å². The lowest BCUT2D eigenvalue weighted by Gasteiger charge is -1.99. The SMILES string of the molecule is N#C[C@@H](C(=O)CCl)c1nnc(-c2ccccc2)s1. The second-order valence-corrected chi connectivity index (χ2v) is 4.75. The second kappa shape index (κ2) is 5.71. The Morgan fingerprint density at radius 3 is 2.72 bits per heavy atom. The van der Waals surface area contributed by atoms with E-state index in [1.807, 2.05) is 36.4 Å². The Bertz CT molecular complexity index is 591. The molecular weight excluding hydrogens is 270 g/mol. The Labute approximate surface area is 113 Å². The first-order valence-corrected chi connectivity index (χ1v) is 6.48. The van der Waals surface area contributed by atoms with E-state index in [1.165, 1.54) is 11.3 Å². The van der Waals surface area contributed by atoms with Crippen LogP contribution in [0.4, 0.5) is 0 Å². The molecule has 4 nitrogen and oxygen atoms in total. The first kappa shape index (κ1) is 12.7. The predicted molar refractivity (Wildman–Crippen MR) is 69.4 cm³/mol. The number of hydrogen-bond donors (Lipinski definition) is 0. The minimum absolute atomic E-state index is 0.196. The lowest BCUT2D eigenvalue weighted by Crippen LogP contribution is -2.11. The zero-order valence-corrected chi connectivity index (χ0v) is 10.8. The smallest absolute Gasteiger partial charge is 0.171 e. The van der Waals surface area contributed by atoms with Crippen molar-refractivity contribution in [1.29, 1.82) is 5.26 Å². The Balaban J connectivity index is 2.31. The lowest BCUT2D eigenvalue weighted by molar-refractivity contribution is -0.117. The van der Waals surface area contributed by atoms with Crippen LogP contribution in [0.15, 0.2) is 30.3 Å². The normalized spacial score (nSPS) is 11.8. The van der Waals surface area contributed by atoms with Gasteiger partial charge in [0.05, 0.1) is 11.9 Å². The number of carbonyl (C=O) groups excluding carboxylic acids is 1. The van der Waals surface area contributed by atoms with E-state index in [2.05, 4.69) is 10.2 Å². The molecule has 0 amide bonds. The van der Waals surface area contributed by atoms with Crippen molar-refractivity contribution in [2.24, 2.45) is 0 Å². The fraction of sp³-hybridized carbons (Fsp3) is 0.167. The van der Waals surface area contributed by atoms with E-state index < -0.39 is 5.92 Å². The molecule has 1 aromatic carbocycles. The van der Waals surface area contributed by atoms with Gasteiger partial charge in [-0.1, -0.05) is 41.7 Å². The molecular formula is C12H8ClN3OS. The Kier molecular flexibility index (Phi) is 4.03. The number of hydrogen-bond acceptors (Lipinski definition) is 5. The summed E-state index contributed by atoms with van der Waals surface area (Å²) in [5.74, 6) is -1.47. The maximum absolute atomic E-state index is 11.5. The number of carbonyl (C=O) groups is 1. The van der Waals surface area contributed by atoms with Gasteiger partial charge in [-0.25, -0.2) is 0 Å². The minimum atomic E-state index is -0.919. The lowest BCUT2D eigenvalue weighted by atomic mass is 10.1. The number of aromatic nitrogens is 2. The Hall–Kier alpha value is -1.77. The van der Waals surface area contributed by atoms with E-state index >= 15 is 0 Å². The summed E-state index contributed by atoms with van der Waals surface area (Å²) in [6.45, 7) is 0. The van der Waals surface area contributed by atoms with Crippen LogP contribution in [0.1, 0.15) is 10.9 Å². The van der Waals surface area contributed by atoms with Gasteiger partial charge in [0.2, 0.25) is 0 Å². The molecule has 0 saturated heterocycles. The van der Waals surface area contributed by atoms with Crippen LogP contribution in [0.3, 0.4) is 0 Å². The number of alkyl halides is 1. The molecule has 0 N–H and O–H groups in total. The molecule has 0 unspecified atom stereocenters. The molecule has 18 heavy (non-hydrogen) atoms. The molecule has 1 heterocycles. The summed E-state index contributed by atoms with van der Waals surface area (Å²) >= 11 is 6.69. The first-order chi connectivity index (χ1) is 8.76. The topological polar surface area (TPSA) is 66.6 Å². The highest BCUT2D eigenvalue weighted by Crippen LogP contribution is 2.27. The molecule has 0 spiro atoms. The van der Waals surface area contributed by atoms with Crippen LogP contribution in [0.5, 0.6) is 0 Å². The van der Waals surface area contributed by atoms with Crippen LogP contribution < -0.4 is 0 Å². The number of Topliss-reactive ketones (excluding diaryl/α,β-unsaturated/α-hetero) is 1. The van der Waals surface area contributed by atoms with Crippen LogP contribution >= 0.6 is 22.9 Å². The largest absolute Gasteiger partial charge is 0.296 e. The molecule has 0 aliphatic carbocycles. The van der Waals surface area contributed by atoms with Crippen molar-refractivity contribution < 1.29 is 4.79 Å². The van der Waals surface area contributed by atoms with Gasteiger partial charge in [0.15, 0.2) is 11.7 Å². The number of benzene rings is 1. The summed E-state index contributed by atoms with van der Waals surface area (Å²) in [5.41, 5.74) is 0.913. The minimum Gasteiger partial charge on any atom is -0.296 e. The van der Waals surface area contributed by atoms with Gasteiger partial charge in [0.1, 0.15) is 10.0 Å². The van der Waals surface area contributed by atoms with Crippen LogP contribution in [-0.4, -0.2) is 21.9 Å². The summed E-state index contributed by atoms with van der Waals surface area (Å²) in [4.78, 5) is 11.5. The van der Waals surface area contributed by atoms with E-state index in [0.717, 1.165) is 5.56 Å². The van der Waals surface area contributed by atoms with E-state index in [0.29, 0.717) is 10.0 Å². The van der Waals surface area contributed by atoms with Gasteiger partial charge >= 0.3 is 0 Å². The average Bonchev–Trinajstić information content (AvgIpc) is 2.90. The average molecular weight is 278 g/mol. The van der Waals surface area contributed by atoms with Crippen molar-refractivity contribution >= 4 is 28.7 Å². The van der Waals surface area contributed by atoms with Gasteiger partial charge in [-0.05, 0) is 0 Å². The highest BCUT2D eigenvalue weighted by Gasteiger charge is 2.23. The fourth-order valence-electron chi connectivity index (χ4n) is 1.39. The molecule has 0 bridgehead atoms. The summed E-state index contributed by atoms with van der Waals surface area (Å²) < 4.78 is 0. The molecule has 0 fully saturated rings. The maximum atomic E-state index is 11.5. The number of ketones is 1. The third-order valence-corrected chi connectivity index (χ3v) is 3.59. The van der Waals surface area contributed by atoms with E-state index in [4.69, 9.17) is 16.9 Å². The van der Waals surface area contributed by atoms with Gasteiger partial charge in [-0.3, -0.25) is 4.79 Å². The Morgan fingerprint density at radius 2 is 2.11 bits per heavy atom. The molecule has 2 rings (SSSR count). The summed E-state index contributed by atoms with van der Waals surface area (Å²) in [6, 6.07) is 11.4. The van der Waals surface area contributed by atoms with Gasteiger partial charge in [-0.2, -0.15) is 5.26 Å². The van der Waals surface area contributed by atoms with E-state index in [9.17, 15) is 4.79 Å². The van der Waals surface area contributed by atoms with Crippen LogP contribution in [0, 0.1) is 11.3 Å². The number of halogens is 1. The number of nitriles is 1. The molecule has 6 heteroatoms. The quantitative estimate of drug-likeness (QED) is 0.806. The van der Waals surface area contributed by atoms with Gasteiger partial charge in [0, 0.05) is 5.56 Å². The van der Waals surface area contributed by atoms with Crippen molar-refractivity contribution in [3.63, 3.8) is 0 Å². The first-order valence-electron chi connectivity index (χ1n) is 5.13. The molecule has 0 saturated carbocycles. The van der Waals surface area contributed by atoms with E-state index in [1.54, 1.807) is 0 Å². The standard InChI is InChI=1S/C12H8ClN3OS/c13-6-10(17)9(7-14)12-16-15-11(18-12)8-4-2-1-3-5-8/h1-5,9H,6H2/t9-/m0/s1. The molecule has 90 valence electrons. The predicted octanol–water partition coefficient (Wildman–Crippen LogP) is 2.62. The van der Waals surface area contributed by atoms with Crippen molar-refractivity contribution in [2.45, 2.75) is 5.92 Å². The molecule has 0 radical (unpaired) electrons. The van der Waals surface area contributed by atoms with Gasteiger partial charge in [0.25, 0.3) is 0 Å². The summed E-state index contributed by atoms with van der Waals surface area (Å²) in [6.07, 6.45) is 0. The van der Waals surface area contributed by atoms with Gasteiger partial charge in [-0.15, -0.1) is 21.8 Å². The summed E-state index contributed by atoms with van der Waals surface area (Å²) in [7, 11) is 0. The van der Waals surface area contributed by atoms with Crippen molar-refractivity contribution in [2.75, 3.05) is 5.88 Å². The maximum Gasteiger partial charge on any atom is 0.171 e. The van der Waals surface area contributed by atoms with Crippen LogP contribution in [-0.2, 0) is 4.79 Å². The van der Waals surface area contributed by atoms with Crippen LogP contribution in [0.2, 0.25) is 0 Å². The number of rotatable bonds is 4. The Morgan fingerprint density at radius 1 is 1.39 bits per heavy atom. The highest BCUT2D eigenvalue weighted by molar-refractivity contribution is 7.14. The fourth-order valence-corrected chi connectivity index (χ4v) is 2.46. The summed E-state index contributed by atoms with van der Waals surface area (Å²) in [5, 5.41) is 17.9. The molecule has 2 aromatic rings. The van der Waals surface area contributed by atoms with E-state index in [-0.39, 0.29) is 11.7 Å². The third kappa shape index (κ3) is 2.55. The third-order valence-electron chi connectivity index (χ3n) is 2.29. The highest BCUT2D eigenvalue weighted by atomic mass is 35.5. The van der Waals surface area contributed by atoms with Crippen molar-refractivity contribution in [3.8, 4) is 16.6 Å². The van der Waals surface area contributed by atoms with Crippen LogP contribution in [0.25, 0.3) is 10.6 Å². The van der Waals surface area contributed by atoms with Crippen molar-refractivity contribution in [3.05, 3.63) is 35.3 Å². The van der Waals surface area contributed by atoms with Crippen molar-refractivity contribution in [1.82, 2.24) is 10.2 Å². The molecule has 0 aliphatic heterocycles.